The second-order valence-corrected chi connectivity index (χ2v) is 4.11. The van der Waals surface area contributed by atoms with Crippen LogP contribution < -0.4 is 0 Å². The smallest absolute Gasteiger partial charge is 0.0517 e. The number of benzene rings is 1. The van der Waals surface area contributed by atoms with Gasteiger partial charge in [-0.1, -0.05) is 36.4 Å². The standard InChI is InChI=1S/C13H16O/c1-10(14)8-11-6-7-12-4-2-3-5-13(12)9-11/h2-7,10-11,14H,8-9H2,1H3. The van der Waals surface area contributed by atoms with Gasteiger partial charge < -0.3 is 5.11 Å². The molecule has 1 aliphatic carbocycles. The number of hydrogen-bond acceptors (Lipinski definition) is 1. The molecular weight excluding hydrogens is 172 g/mol. The monoisotopic (exact) mass is 188 g/mol. The predicted octanol–water partition coefficient (Wildman–Crippen LogP) is 2.64. The summed E-state index contributed by atoms with van der Waals surface area (Å²) in [4.78, 5) is 0. The lowest BCUT2D eigenvalue weighted by atomic mass is 9.87. The molecule has 0 fully saturated rings. The molecule has 1 heteroatoms. The molecule has 0 radical (unpaired) electrons. The van der Waals surface area contributed by atoms with Crippen molar-refractivity contribution in [3.05, 3.63) is 41.5 Å². The third-order valence-corrected chi connectivity index (χ3v) is 2.73. The van der Waals surface area contributed by atoms with Crippen LogP contribution in [0.1, 0.15) is 24.5 Å². The van der Waals surface area contributed by atoms with E-state index in [1.807, 2.05) is 6.92 Å². The fourth-order valence-electron chi connectivity index (χ4n) is 2.07. The average Bonchev–Trinajstić information content (AvgIpc) is 2.17. The molecule has 0 heterocycles. The molecule has 0 aromatic heterocycles. The summed E-state index contributed by atoms with van der Waals surface area (Å²) in [5, 5.41) is 9.32. The van der Waals surface area contributed by atoms with Crippen molar-refractivity contribution in [3.63, 3.8) is 0 Å². The highest BCUT2D eigenvalue weighted by Crippen LogP contribution is 2.25. The Morgan fingerprint density at radius 1 is 1.43 bits per heavy atom. The number of hydrogen-bond donors (Lipinski definition) is 1. The Kier molecular flexibility index (Phi) is 2.69. The first-order valence-corrected chi connectivity index (χ1v) is 5.20. The third-order valence-electron chi connectivity index (χ3n) is 2.73. The fourth-order valence-corrected chi connectivity index (χ4v) is 2.07. The van der Waals surface area contributed by atoms with Crippen molar-refractivity contribution in [2.24, 2.45) is 5.92 Å². The molecule has 1 N–H and O–H groups in total. The highest BCUT2D eigenvalue weighted by atomic mass is 16.3. The molecule has 0 amide bonds. The van der Waals surface area contributed by atoms with Crippen molar-refractivity contribution >= 4 is 6.08 Å². The molecule has 14 heavy (non-hydrogen) atoms. The Bertz CT molecular complexity index is 339. The van der Waals surface area contributed by atoms with Gasteiger partial charge in [-0.25, -0.2) is 0 Å². The van der Waals surface area contributed by atoms with Gasteiger partial charge in [0.05, 0.1) is 6.10 Å². The topological polar surface area (TPSA) is 20.2 Å². The quantitative estimate of drug-likeness (QED) is 0.756. The Morgan fingerprint density at radius 2 is 2.21 bits per heavy atom. The molecule has 2 unspecified atom stereocenters. The van der Waals surface area contributed by atoms with Gasteiger partial charge in [0.2, 0.25) is 0 Å². The molecule has 0 spiro atoms. The Hall–Kier alpha value is -1.08. The van der Waals surface area contributed by atoms with Gasteiger partial charge in [-0.3, -0.25) is 0 Å². The zero-order chi connectivity index (χ0) is 9.97. The number of allylic oxidation sites excluding steroid dienone is 1. The summed E-state index contributed by atoms with van der Waals surface area (Å²) in [7, 11) is 0. The van der Waals surface area contributed by atoms with Gasteiger partial charge in [0.25, 0.3) is 0 Å². The van der Waals surface area contributed by atoms with Crippen LogP contribution in [0.25, 0.3) is 6.08 Å². The maximum atomic E-state index is 9.32. The van der Waals surface area contributed by atoms with Crippen LogP contribution in [-0.4, -0.2) is 11.2 Å². The predicted molar refractivity (Wildman–Crippen MR) is 59.0 cm³/mol. The summed E-state index contributed by atoms with van der Waals surface area (Å²) in [6, 6.07) is 8.47. The molecule has 1 aromatic carbocycles. The van der Waals surface area contributed by atoms with Crippen molar-refractivity contribution in [1.82, 2.24) is 0 Å². The lowest BCUT2D eigenvalue weighted by Gasteiger charge is -2.20. The maximum Gasteiger partial charge on any atom is 0.0517 e. The van der Waals surface area contributed by atoms with E-state index in [4.69, 9.17) is 0 Å². The SMILES string of the molecule is CC(O)CC1C=Cc2ccccc2C1. The van der Waals surface area contributed by atoms with E-state index in [0.717, 1.165) is 12.8 Å². The van der Waals surface area contributed by atoms with Gasteiger partial charge in [0.15, 0.2) is 0 Å². The zero-order valence-electron chi connectivity index (χ0n) is 8.48. The summed E-state index contributed by atoms with van der Waals surface area (Å²) in [6.07, 6.45) is 6.12. The van der Waals surface area contributed by atoms with Crippen molar-refractivity contribution in [1.29, 1.82) is 0 Å². The van der Waals surface area contributed by atoms with Gasteiger partial charge >= 0.3 is 0 Å². The van der Waals surface area contributed by atoms with E-state index in [1.165, 1.54) is 11.1 Å². The van der Waals surface area contributed by atoms with E-state index in [-0.39, 0.29) is 6.10 Å². The highest BCUT2D eigenvalue weighted by Gasteiger charge is 2.14. The molecule has 0 saturated carbocycles. The van der Waals surface area contributed by atoms with Crippen molar-refractivity contribution in [3.8, 4) is 0 Å². The number of rotatable bonds is 2. The molecule has 1 aromatic rings. The van der Waals surface area contributed by atoms with Crippen LogP contribution in [0, 0.1) is 5.92 Å². The summed E-state index contributed by atoms with van der Waals surface area (Å²) < 4.78 is 0. The second-order valence-electron chi connectivity index (χ2n) is 4.11. The molecule has 74 valence electrons. The average molecular weight is 188 g/mol. The summed E-state index contributed by atoms with van der Waals surface area (Å²) in [6.45, 7) is 1.86. The highest BCUT2D eigenvalue weighted by molar-refractivity contribution is 5.56. The number of aliphatic hydroxyl groups is 1. The molecule has 0 aliphatic heterocycles. The molecule has 1 nitrogen and oxygen atoms in total. The van der Waals surface area contributed by atoms with E-state index in [0.29, 0.717) is 5.92 Å². The first-order valence-electron chi connectivity index (χ1n) is 5.20. The van der Waals surface area contributed by atoms with Crippen LogP contribution in [0.3, 0.4) is 0 Å². The van der Waals surface area contributed by atoms with E-state index in [1.54, 1.807) is 0 Å². The Labute approximate surface area is 85.1 Å². The van der Waals surface area contributed by atoms with Crippen LogP contribution >= 0.6 is 0 Å². The number of aliphatic hydroxyl groups excluding tert-OH is 1. The largest absolute Gasteiger partial charge is 0.393 e. The van der Waals surface area contributed by atoms with E-state index >= 15 is 0 Å². The lowest BCUT2D eigenvalue weighted by molar-refractivity contribution is 0.169. The van der Waals surface area contributed by atoms with E-state index < -0.39 is 0 Å². The van der Waals surface area contributed by atoms with Crippen LogP contribution in [0.5, 0.6) is 0 Å². The molecule has 1 aliphatic rings. The minimum absolute atomic E-state index is 0.199. The van der Waals surface area contributed by atoms with Gasteiger partial charge in [0.1, 0.15) is 0 Å². The Morgan fingerprint density at radius 3 is 3.00 bits per heavy atom. The van der Waals surface area contributed by atoms with Crippen molar-refractivity contribution < 1.29 is 5.11 Å². The molecule has 2 atom stereocenters. The fraction of sp³-hybridized carbons (Fsp3) is 0.385. The van der Waals surface area contributed by atoms with Crippen LogP contribution in [0.2, 0.25) is 0 Å². The second kappa shape index (κ2) is 3.97. The van der Waals surface area contributed by atoms with Crippen molar-refractivity contribution in [2.75, 3.05) is 0 Å². The normalized spacial score (nSPS) is 21.7. The molecular formula is C13H16O. The van der Waals surface area contributed by atoms with Crippen molar-refractivity contribution in [2.45, 2.75) is 25.9 Å². The van der Waals surface area contributed by atoms with Gasteiger partial charge in [-0.2, -0.15) is 0 Å². The summed E-state index contributed by atoms with van der Waals surface area (Å²) in [5.74, 6) is 0.505. The van der Waals surface area contributed by atoms with Crippen LogP contribution in [0.15, 0.2) is 30.3 Å². The lowest BCUT2D eigenvalue weighted by Crippen LogP contribution is -2.13. The maximum absolute atomic E-state index is 9.32. The van der Waals surface area contributed by atoms with Gasteiger partial charge in [0, 0.05) is 0 Å². The Balaban J connectivity index is 2.13. The summed E-state index contributed by atoms with van der Waals surface area (Å²) in [5.41, 5.74) is 2.73. The van der Waals surface area contributed by atoms with Gasteiger partial charge in [-0.05, 0) is 36.8 Å². The first kappa shape index (κ1) is 9.47. The van der Waals surface area contributed by atoms with Crippen LogP contribution in [0.4, 0.5) is 0 Å². The molecule has 2 rings (SSSR count). The molecule has 0 bridgehead atoms. The zero-order valence-corrected chi connectivity index (χ0v) is 8.48. The molecule has 0 saturated heterocycles. The van der Waals surface area contributed by atoms with Gasteiger partial charge in [-0.15, -0.1) is 0 Å². The summed E-state index contributed by atoms with van der Waals surface area (Å²) >= 11 is 0. The minimum Gasteiger partial charge on any atom is -0.393 e. The van der Waals surface area contributed by atoms with Crippen LogP contribution in [-0.2, 0) is 6.42 Å². The third kappa shape index (κ3) is 2.05. The first-order chi connectivity index (χ1) is 6.75. The van der Waals surface area contributed by atoms with E-state index in [9.17, 15) is 5.11 Å². The number of fused-ring (bicyclic) bond motifs is 1. The minimum atomic E-state index is -0.199. The van der Waals surface area contributed by atoms with E-state index in [2.05, 4.69) is 36.4 Å².